The van der Waals surface area contributed by atoms with Crippen molar-refractivity contribution in [3.63, 3.8) is 0 Å². The van der Waals surface area contributed by atoms with Gasteiger partial charge in [0.1, 0.15) is 24.6 Å². The first-order chi connectivity index (χ1) is 15.1. The molecule has 0 aromatic carbocycles. The van der Waals surface area contributed by atoms with Gasteiger partial charge in [-0.2, -0.15) is 0 Å². The standard InChI is InChI=1S/C25H34O7/c1-14(26)30-13-25-10-7-18(31-15(2)27)11-17(25)12-21(32-16(3)28)23-19-5-6-22(29)24(19,4)9-8-20(23)25/h12,18-21,23H,5-11,13H2,1-4H3. The highest BCUT2D eigenvalue weighted by atomic mass is 16.5. The van der Waals surface area contributed by atoms with Crippen LogP contribution in [0.4, 0.5) is 0 Å². The third-order valence-corrected chi connectivity index (χ3v) is 8.66. The van der Waals surface area contributed by atoms with Crippen molar-refractivity contribution in [2.45, 2.75) is 84.8 Å². The Kier molecular flexibility index (Phi) is 5.97. The second-order valence-electron chi connectivity index (χ2n) is 10.4. The quantitative estimate of drug-likeness (QED) is 0.370. The highest BCUT2D eigenvalue weighted by molar-refractivity contribution is 5.87. The van der Waals surface area contributed by atoms with Crippen molar-refractivity contribution in [3.8, 4) is 0 Å². The normalized spacial score (nSPS) is 40.3. The maximum atomic E-state index is 12.8. The van der Waals surface area contributed by atoms with Crippen LogP contribution in [-0.4, -0.2) is 42.5 Å². The Morgan fingerprint density at radius 1 is 0.969 bits per heavy atom. The van der Waals surface area contributed by atoms with Crippen LogP contribution in [0.25, 0.3) is 0 Å². The van der Waals surface area contributed by atoms with Gasteiger partial charge in [-0.1, -0.05) is 12.5 Å². The molecular weight excluding hydrogens is 412 g/mol. The predicted molar refractivity (Wildman–Crippen MR) is 114 cm³/mol. The van der Waals surface area contributed by atoms with Crippen LogP contribution in [0.15, 0.2) is 11.6 Å². The summed E-state index contributed by atoms with van der Waals surface area (Å²) in [5, 5.41) is 0. The lowest BCUT2D eigenvalue weighted by molar-refractivity contribution is -0.165. The Morgan fingerprint density at radius 3 is 2.34 bits per heavy atom. The smallest absolute Gasteiger partial charge is 0.303 e. The van der Waals surface area contributed by atoms with Gasteiger partial charge in [0.25, 0.3) is 0 Å². The molecule has 4 aliphatic rings. The summed E-state index contributed by atoms with van der Waals surface area (Å²) >= 11 is 0. The van der Waals surface area contributed by atoms with E-state index >= 15 is 0 Å². The van der Waals surface area contributed by atoms with E-state index in [4.69, 9.17) is 14.2 Å². The molecule has 0 N–H and O–H groups in total. The van der Waals surface area contributed by atoms with E-state index in [-0.39, 0.29) is 59.2 Å². The van der Waals surface area contributed by atoms with Gasteiger partial charge in [-0.15, -0.1) is 0 Å². The van der Waals surface area contributed by atoms with Crippen molar-refractivity contribution in [3.05, 3.63) is 11.6 Å². The molecule has 0 heterocycles. The van der Waals surface area contributed by atoms with E-state index in [2.05, 4.69) is 6.92 Å². The monoisotopic (exact) mass is 446 g/mol. The van der Waals surface area contributed by atoms with Crippen LogP contribution in [0.5, 0.6) is 0 Å². The molecule has 4 aliphatic carbocycles. The molecule has 3 saturated carbocycles. The van der Waals surface area contributed by atoms with Crippen LogP contribution in [0, 0.1) is 28.6 Å². The SMILES string of the molecule is CC(=O)OCC12CCC(OC(C)=O)CC1=CC(OC(C)=O)C1C3CCC(=O)C3(C)CCC12. The highest BCUT2D eigenvalue weighted by Gasteiger charge is 2.63. The second-order valence-corrected chi connectivity index (χ2v) is 10.4. The first-order valence-corrected chi connectivity index (χ1v) is 11.8. The molecular formula is C25H34O7. The summed E-state index contributed by atoms with van der Waals surface area (Å²) < 4.78 is 17.0. The van der Waals surface area contributed by atoms with Crippen molar-refractivity contribution >= 4 is 23.7 Å². The molecule has 4 rings (SSSR count). The largest absolute Gasteiger partial charge is 0.465 e. The molecule has 7 nitrogen and oxygen atoms in total. The van der Waals surface area contributed by atoms with Crippen LogP contribution < -0.4 is 0 Å². The van der Waals surface area contributed by atoms with Crippen molar-refractivity contribution in [2.75, 3.05) is 6.61 Å². The number of hydrogen-bond acceptors (Lipinski definition) is 7. The number of Topliss-reactive ketones (excluding diaryl/α,β-unsaturated/α-hetero) is 1. The van der Waals surface area contributed by atoms with E-state index in [1.165, 1.54) is 20.8 Å². The summed E-state index contributed by atoms with van der Waals surface area (Å²) in [5.74, 6) is -0.396. The lowest BCUT2D eigenvalue weighted by Crippen LogP contribution is -2.57. The fourth-order valence-electron chi connectivity index (χ4n) is 7.31. The molecule has 3 fully saturated rings. The summed E-state index contributed by atoms with van der Waals surface area (Å²) in [6.45, 7) is 6.58. The van der Waals surface area contributed by atoms with Crippen molar-refractivity contribution < 1.29 is 33.4 Å². The highest BCUT2D eigenvalue weighted by Crippen LogP contribution is 2.64. The molecule has 0 saturated heterocycles. The minimum atomic E-state index is -0.426. The first kappa shape index (κ1) is 23.0. The molecule has 7 heteroatoms. The zero-order chi connectivity index (χ0) is 23.3. The lowest BCUT2D eigenvalue weighted by Gasteiger charge is -2.59. The molecule has 0 aromatic rings. The molecule has 0 spiro atoms. The van der Waals surface area contributed by atoms with Crippen LogP contribution in [0.1, 0.15) is 72.6 Å². The predicted octanol–water partition coefficient (Wildman–Crippen LogP) is 3.53. The molecule has 32 heavy (non-hydrogen) atoms. The van der Waals surface area contributed by atoms with Gasteiger partial charge in [0.15, 0.2) is 0 Å². The van der Waals surface area contributed by atoms with Crippen LogP contribution in [0.2, 0.25) is 0 Å². The fraction of sp³-hybridized carbons (Fsp3) is 0.760. The van der Waals surface area contributed by atoms with E-state index in [0.29, 0.717) is 25.0 Å². The minimum absolute atomic E-state index is 0.00804. The van der Waals surface area contributed by atoms with E-state index in [9.17, 15) is 19.2 Å². The lowest BCUT2D eigenvalue weighted by atomic mass is 9.47. The van der Waals surface area contributed by atoms with Crippen LogP contribution in [-0.2, 0) is 33.4 Å². The first-order valence-electron chi connectivity index (χ1n) is 11.8. The van der Waals surface area contributed by atoms with Gasteiger partial charge in [0, 0.05) is 50.4 Å². The van der Waals surface area contributed by atoms with Gasteiger partial charge in [0.2, 0.25) is 0 Å². The van der Waals surface area contributed by atoms with Gasteiger partial charge >= 0.3 is 17.9 Å². The molecule has 0 radical (unpaired) electrons. The fourth-order valence-corrected chi connectivity index (χ4v) is 7.31. The molecule has 7 atom stereocenters. The molecule has 0 aliphatic heterocycles. The van der Waals surface area contributed by atoms with Crippen LogP contribution >= 0.6 is 0 Å². The van der Waals surface area contributed by atoms with Crippen molar-refractivity contribution in [2.24, 2.45) is 28.6 Å². The van der Waals surface area contributed by atoms with Gasteiger partial charge in [-0.3, -0.25) is 19.2 Å². The summed E-state index contributed by atoms with van der Waals surface area (Å²) in [5.41, 5.74) is 0.288. The topological polar surface area (TPSA) is 96.0 Å². The van der Waals surface area contributed by atoms with E-state index in [1.54, 1.807) is 0 Å². The van der Waals surface area contributed by atoms with E-state index in [0.717, 1.165) is 31.3 Å². The Balaban J connectivity index is 1.77. The number of fused-ring (bicyclic) bond motifs is 5. The third kappa shape index (κ3) is 3.77. The number of ketones is 1. The van der Waals surface area contributed by atoms with Gasteiger partial charge in [0.05, 0.1) is 0 Å². The average Bonchev–Trinajstić information content (AvgIpc) is 3.00. The number of carbonyl (C=O) groups is 4. The van der Waals surface area contributed by atoms with Gasteiger partial charge in [-0.05, 0) is 50.0 Å². The van der Waals surface area contributed by atoms with E-state index < -0.39 is 6.10 Å². The Hall–Kier alpha value is -2.18. The van der Waals surface area contributed by atoms with Crippen molar-refractivity contribution in [1.82, 2.24) is 0 Å². The summed E-state index contributed by atoms with van der Waals surface area (Å²) in [4.78, 5) is 48.2. The maximum absolute atomic E-state index is 12.8. The van der Waals surface area contributed by atoms with Gasteiger partial charge < -0.3 is 14.2 Å². The zero-order valence-corrected chi connectivity index (χ0v) is 19.5. The summed E-state index contributed by atoms with van der Waals surface area (Å²) in [7, 11) is 0. The summed E-state index contributed by atoms with van der Waals surface area (Å²) in [6, 6.07) is 0. The molecule has 7 unspecified atom stereocenters. The Labute approximate surface area is 189 Å². The molecule has 176 valence electrons. The van der Waals surface area contributed by atoms with Crippen molar-refractivity contribution in [1.29, 1.82) is 0 Å². The number of hydrogen-bond donors (Lipinski definition) is 0. The van der Waals surface area contributed by atoms with Crippen LogP contribution in [0.3, 0.4) is 0 Å². The second kappa shape index (κ2) is 8.31. The van der Waals surface area contributed by atoms with Gasteiger partial charge in [-0.25, -0.2) is 0 Å². The Morgan fingerprint density at radius 2 is 1.69 bits per heavy atom. The van der Waals surface area contributed by atoms with E-state index in [1.807, 2.05) is 6.08 Å². The maximum Gasteiger partial charge on any atom is 0.303 e. The number of esters is 3. The molecule has 0 aromatic heterocycles. The molecule has 0 bridgehead atoms. The Bertz CT molecular complexity index is 860. The minimum Gasteiger partial charge on any atom is -0.465 e. The average molecular weight is 447 g/mol. The summed E-state index contributed by atoms with van der Waals surface area (Å²) in [6.07, 6.45) is 6.32. The molecule has 0 amide bonds. The number of rotatable bonds is 4. The number of carbonyl (C=O) groups excluding carboxylic acids is 4. The zero-order valence-electron chi connectivity index (χ0n) is 19.5. The third-order valence-electron chi connectivity index (χ3n) is 8.66. The number of ether oxygens (including phenoxy) is 3.